The summed E-state index contributed by atoms with van der Waals surface area (Å²) in [6.07, 6.45) is 1.54. The fourth-order valence-corrected chi connectivity index (χ4v) is 2.98. The normalized spacial score (nSPS) is 15.5. The van der Waals surface area contributed by atoms with Gasteiger partial charge < -0.3 is 14.0 Å². The number of carbonyl (C=O) groups is 1. The van der Waals surface area contributed by atoms with Gasteiger partial charge in [-0.25, -0.2) is 0 Å². The summed E-state index contributed by atoms with van der Waals surface area (Å²) in [5.74, 6) is 0.919. The molecule has 2 heterocycles. The average Bonchev–Trinajstić information content (AvgIpc) is 3.17. The highest BCUT2D eigenvalue weighted by atomic mass is 16.5. The van der Waals surface area contributed by atoms with Gasteiger partial charge in [0.25, 0.3) is 0 Å². The highest BCUT2D eigenvalue weighted by molar-refractivity contribution is 6.15. The van der Waals surface area contributed by atoms with E-state index in [1.54, 1.807) is 38.6 Å². The van der Waals surface area contributed by atoms with E-state index in [1.165, 1.54) is 0 Å². The van der Waals surface area contributed by atoms with Crippen LogP contribution in [0.3, 0.4) is 0 Å². The lowest BCUT2D eigenvalue weighted by Crippen LogP contribution is -2.18. The maximum atomic E-state index is 12.9. The largest absolute Gasteiger partial charge is 0.497 e. The van der Waals surface area contributed by atoms with Gasteiger partial charge in [-0.3, -0.25) is 9.79 Å². The molecule has 0 amide bonds. The predicted molar refractivity (Wildman–Crippen MR) is 99.2 cm³/mol. The van der Waals surface area contributed by atoms with Crippen molar-refractivity contribution in [2.45, 2.75) is 12.8 Å². The zero-order valence-corrected chi connectivity index (χ0v) is 15.1. The van der Waals surface area contributed by atoms with Crippen molar-refractivity contribution in [2.75, 3.05) is 14.2 Å². The molecule has 0 aliphatic carbocycles. The third-order valence-electron chi connectivity index (χ3n) is 4.42. The van der Waals surface area contributed by atoms with Crippen molar-refractivity contribution in [3.63, 3.8) is 0 Å². The molecule has 27 heavy (non-hydrogen) atoms. The first-order valence-electron chi connectivity index (χ1n) is 8.35. The molecule has 1 unspecified atom stereocenters. The van der Waals surface area contributed by atoms with Crippen LogP contribution in [-0.2, 0) is 0 Å². The van der Waals surface area contributed by atoms with Crippen LogP contribution in [0.15, 0.2) is 45.9 Å². The zero-order chi connectivity index (χ0) is 19.0. The lowest BCUT2D eigenvalue weighted by Gasteiger charge is -2.14. The molecular weight excluding hydrogens is 346 g/mol. The monoisotopic (exact) mass is 363 g/mol. The number of ketones is 1. The first-order valence-corrected chi connectivity index (χ1v) is 8.35. The van der Waals surface area contributed by atoms with Gasteiger partial charge in [-0.15, -0.1) is 0 Å². The van der Waals surface area contributed by atoms with E-state index in [9.17, 15) is 4.79 Å². The Morgan fingerprint density at radius 1 is 1.04 bits per heavy atom. The van der Waals surface area contributed by atoms with Gasteiger partial charge in [0.1, 0.15) is 17.4 Å². The Bertz CT molecular complexity index is 1060. The molecule has 1 aliphatic heterocycles. The van der Waals surface area contributed by atoms with Gasteiger partial charge in [0.05, 0.1) is 25.5 Å². The van der Waals surface area contributed by atoms with Crippen LogP contribution in [0.25, 0.3) is 11.4 Å². The third-order valence-corrected chi connectivity index (χ3v) is 4.42. The number of benzene rings is 2. The summed E-state index contributed by atoms with van der Waals surface area (Å²) in [4.78, 5) is 21.6. The molecule has 0 bridgehead atoms. The number of methoxy groups -OCH3 is 2. The molecule has 3 aromatic rings. The topological polar surface area (TPSA) is 86.8 Å². The number of hydrogen-bond acceptors (Lipinski definition) is 7. The number of hydrogen-bond donors (Lipinski definition) is 0. The zero-order valence-electron chi connectivity index (χ0n) is 15.1. The van der Waals surface area contributed by atoms with Crippen LogP contribution < -0.4 is 9.47 Å². The van der Waals surface area contributed by atoms with Gasteiger partial charge >= 0.3 is 0 Å². The van der Waals surface area contributed by atoms with E-state index in [0.717, 1.165) is 5.56 Å². The van der Waals surface area contributed by atoms with Gasteiger partial charge in [0, 0.05) is 17.8 Å². The summed E-state index contributed by atoms with van der Waals surface area (Å²) >= 11 is 0. The second kappa shape index (κ2) is 6.68. The molecule has 0 fully saturated rings. The van der Waals surface area contributed by atoms with E-state index in [1.807, 2.05) is 25.1 Å². The van der Waals surface area contributed by atoms with Crippen molar-refractivity contribution in [2.24, 2.45) is 4.99 Å². The van der Waals surface area contributed by atoms with Crippen LogP contribution in [0.5, 0.6) is 11.5 Å². The van der Waals surface area contributed by atoms with E-state index in [4.69, 9.17) is 14.0 Å². The molecule has 136 valence electrons. The fourth-order valence-electron chi connectivity index (χ4n) is 2.98. The van der Waals surface area contributed by atoms with Crippen molar-refractivity contribution >= 4 is 17.7 Å². The minimum atomic E-state index is -0.704. The van der Waals surface area contributed by atoms with Crippen LogP contribution in [0.4, 0.5) is 5.69 Å². The molecule has 1 aromatic heterocycles. The van der Waals surface area contributed by atoms with Gasteiger partial charge in [0.2, 0.25) is 11.7 Å². The molecule has 7 heteroatoms. The Morgan fingerprint density at radius 3 is 2.67 bits per heavy atom. The maximum absolute atomic E-state index is 12.9. The van der Waals surface area contributed by atoms with Gasteiger partial charge in [0.15, 0.2) is 5.78 Å². The number of fused-ring (bicyclic) bond motifs is 1. The molecule has 7 nitrogen and oxygen atoms in total. The lowest BCUT2D eigenvalue weighted by atomic mass is 9.93. The van der Waals surface area contributed by atoms with Crippen LogP contribution in [0.2, 0.25) is 0 Å². The molecule has 4 rings (SSSR count). The standard InChI is InChI=1S/C20H17N3O4/c1-11-4-7-16-14(8-11)18(24)15(10-21-16)20-22-19(23-27-20)13-6-5-12(25-2)9-17(13)26-3/h4-10,15H,1-3H3. The van der Waals surface area contributed by atoms with Crippen LogP contribution in [0, 0.1) is 6.92 Å². The third kappa shape index (κ3) is 2.97. The summed E-state index contributed by atoms with van der Waals surface area (Å²) < 4.78 is 16.0. The van der Waals surface area contributed by atoms with Gasteiger partial charge in [-0.05, 0) is 31.2 Å². The number of ether oxygens (including phenoxy) is 2. The Hall–Kier alpha value is -3.48. The van der Waals surface area contributed by atoms with E-state index in [2.05, 4.69) is 15.1 Å². The van der Waals surface area contributed by atoms with Gasteiger partial charge in [-0.2, -0.15) is 4.98 Å². The Morgan fingerprint density at radius 2 is 1.89 bits per heavy atom. The number of aryl methyl sites for hydroxylation is 1. The molecule has 0 saturated heterocycles. The smallest absolute Gasteiger partial charge is 0.243 e. The van der Waals surface area contributed by atoms with E-state index in [-0.39, 0.29) is 11.7 Å². The molecule has 0 spiro atoms. The minimum Gasteiger partial charge on any atom is -0.497 e. The minimum absolute atomic E-state index is 0.111. The van der Waals surface area contributed by atoms with Gasteiger partial charge in [-0.1, -0.05) is 16.8 Å². The second-order valence-electron chi connectivity index (χ2n) is 6.16. The molecule has 1 aliphatic rings. The first-order chi connectivity index (χ1) is 13.1. The molecule has 0 saturated carbocycles. The summed E-state index contributed by atoms with van der Waals surface area (Å²) in [5, 5.41) is 4.01. The van der Waals surface area contributed by atoms with Crippen LogP contribution in [-0.4, -0.2) is 36.4 Å². The summed E-state index contributed by atoms with van der Waals surface area (Å²) in [6, 6.07) is 10.9. The molecule has 1 atom stereocenters. The van der Waals surface area contributed by atoms with E-state index >= 15 is 0 Å². The van der Waals surface area contributed by atoms with Crippen LogP contribution >= 0.6 is 0 Å². The Labute approximate surface area is 155 Å². The number of carbonyl (C=O) groups excluding carboxylic acids is 1. The quantitative estimate of drug-likeness (QED) is 0.702. The number of aliphatic imine (C=N–C) groups is 1. The maximum Gasteiger partial charge on any atom is 0.243 e. The molecular formula is C20H17N3O4. The Kier molecular flexibility index (Phi) is 4.19. The van der Waals surface area contributed by atoms with Crippen molar-refractivity contribution in [1.82, 2.24) is 10.1 Å². The molecule has 2 aromatic carbocycles. The summed E-state index contributed by atoms with van der Waals surface area (Å²) in [7, 11) is 3.13. The number of nitrogens with zero attached hydrogens (tertiary/aromatic N) is 3. The highest BCUT2D eigenvalue weighted by Gasteiger charge is 2.31. The van der Waals surface area contributed by atoms with Crippen molar-refractivity contribution < 1.29 is 18.8 Å². The Balaban J connectivity index is 1.69. The summed E-state index contributed by atoms with van der Waals surface area (Å²) in [5.41, 5.74) is 2.85. The molecule has 0 radical (unpaired) electrons. The lowest BCUT2D eigenvalue weighted by molar-refractivity contribution is 0.0971. The van der Waals surface area contributed by atoms with E-state index in [0.29, 0.717) is 34.1 Å². The SMILES string of the molecule is COc1ccc(-c2noc(C3C=Nc4ccc(C)cc4C3=O)n2)c(OC)c1. The summed E-state index contributed by atoms with van der Waals surface area (Å²) in [6.45, 7) is 1.93. The van der Waals surface area contributed by atoms with Crippen molar-refractivity contribution in [3.8, 4) is 22.9 Å². The molecule has 0 N–H and O–H groups in total. The first kappa shape index (κ1) is 17.0. The van der Waals surface area contributed by atoms with Crippen molar-refractivity contribution in [1.29, 1.82) is 0 Å². The van der Waals surface area contributed by atoms with Crippen LogP contribution in [0.1, 0.15) is 27.7 Å². The predicted octanol–water partition coefficient (Wildman–Crippen LogP) is 3.74. The average molecular weight is 363 g/mol. The van der Waals surface area contributed by atoms with Crippen molar-refractivity contribution in [3.05, 3.63) is 53.4 Å². The number of Topliss-reactive ketones (excluding diaryl/α,β-unsaturated/α-hetero) is 1. The number of aromatic nitrogens is 2. The highest BCUT2D eigenvalue weighted by Crippen LogP contribution is 2.34. The fraction of sp³-hybridized carbons (Fsp3) is 0.200. The number of rotatable bonds is 4. The second-order valence-corrected chi connectivity index (χ2v) is 6.16. The van der Waals surface area contributed by atoms with E-state index < -0.39 is 5.92 Å².